The predicted octanol–water partition coefficient (Wildman–Crippen LogP) is 2.20. The van der Waals surface area contributed by atoms with Crippen LogP contribution in [0.5, 0.6) is 11.5 Å². The number of carbonyl (C=O) groups is 1. The van der Waals surface area contributed by atoms with Gasteiger partial charge in [-0.05, 0) is 39.1 Å². The van der Waals surface area contributed by atoms with Crippen LogP contribution in [0.2, 0.25) is 0 Å². The standard InChI is InChI=1S/C19H26N2O3/c1-4-23-17-13-16-11-14(2)24-18(16)12-15(17)5-6-19(22)21-9-7-20(3)8-10-21/h5-6,12-14H,4,7-11H2,1-3H3/b6-5+. The number of ether oxygens (including phenoxy) is 2. The molecule has 3 rings (SSSR count). The van der Waals surface area contributed by atoms with Gasteiger partial charge in [-0.1, -0.05) is 0 Å². The van der Waals surface area contributed by atoms with Gasteiger partial charge < -0.3 is 19.3 Å². The van der Waals surface area contributed by atoms with Gasteiger partial charge >= 0.3 is 0 Å². The highest BCUT2D eigenvalue weighted by Crippen LogP contribution is 2.35. The summed E-state index contributed by atoms with van der Waals surface area (Å²) in [5.74, 6) is 1.77. The lowest BCUT2D eigenvalue weighted by molar-refractivity contribution is -0.127. The van der Waals surface area contributed by atoms with Crippen molar-refractivity contribution in [1.82, 2.24) is 9.80 Å². The second kappa shape index (κ2) is 7.26. The van der Waals surface area contributed by atoms with Crippen LogP contribution in [0.3, 0.4) is 0 Å². The Balaban J connectivity index is 1.76. The highest BCUT2D eigenvalue weighted by Gasteiger charge is 2.22. The molecule has 0 aliphatic carbocycles. The molecule has 0 N–H and O–H groups in total. The summed E-state index contributed by atoms with van der Waals surface area (Å²) in [6, 6.07) is 4.03. The minimum Gasteiger partial charge on any atom is -0.493 e. The van der Waals surface area contributed by atoms with E-state index < -0.39 is 0 Å². The molecule has 2 heterocycles. The van der Waals surface area contributed by atoms with Crippen molar-refractivity contribution >= 4 is 12.0 Å². The Kier molecular flexibility index (Phi) is 5.09. The van der Waals surface area contributed by atoms with Crippen LogP contribution in [-0.4, -0.2) is 61.6 Å². The number of fused-ring (bicyclic) bond motifs is 1. The van der Waals surface area contributed by atoms with Crippen molar-refractivity contribution in [2.45, 2.75) is 26.4 Å². The predicted molar refractivity (Wildman–Crippen MR) is 94.5 cm³/mol. The molecule has 1 atom stereocenters. The molecule has 0 radical (unpaired) electrons. The highest BCUT2D eigenvalue weighted by molar-refractivity contribution is 5.92. The van der Waals surface area contributed by atoms with E-state index in [1.165, 1.54) is 5.56 Å². The summed E-state index contributed by atoms with van der Waals surface area (Å²) in [4.78, 5) is 16.5. The first-order chi connectivity index (χ1) is 11.6. The number of nitrogens with zero attached hydrogens (tertiary/aromatic N) is 2. The zero-order valence-electron chi connectivity index (χ0n) is 14.7. The quantitative estimate of drug-likeness (QED) is 0.794. The lowest BCUT2D eigenvalue weighted by atomic mass is 10.1. The van der Waals surface area contributed by atoms with Crippen LogP contribution >= 0.6 is 0 Å². The molecule has 24 heavy (non-hydrogen) atoms. The van der Waals surface area contributed by atoms with Gasteiger partial charge in [0.1, 0.15) is 17.6 Å². The first-order valence-electron chi connectivity index (χ1n) is 8.68. The van der Waals surface area contributed by atoms with E-state index in [2.05, 4.69) is 18.9 Å². The van der Waals surface area contributed by atoms with Gasteiger partial charge in [0.25, 0.3) is 0 Å². The molecule has 1 fully saturated rings. The van der Waals surface area contributed by atoms with Gasteiger partial charge in [-0.3, -0.25) is 4.79 Å². The minimum atomic E-state index is 0.0559. The maximum absolute atomic E-state index is 12.4. The van der Waals surface area contributed by atoms with E-state index in [0.29, 0.717) is 6.61 Å². The Morgan fingerprint density at radius 1 is 1.33 bits per heavy atom. The summed E-state index contributed by atoms with van der Waals surface area (Å²) in [7, 11) is 2.08. The number of benzene rings is 1. The molecule has 1 aromatic rings. The molecule has 5 heteroatoms. The molecular formula is C19H26N2O3. The van der Waals surface area contributed by atoms with E-state index in [-0.39, 0.29) is 12.0 Å². The number of piperazine rings is 1. The van der Waals surface area contributed by atoms with Crippen molar-refractivity contribution in [2.24, 2.45) is 0 Å². The van der Waals surface area contributed by atoms with Gasteiger partial charge in [-0.15, -0.1) is 0 Å². The highest BCUT2D eigenvalue weighted by atomic mass is 16.5. The largest absolute Gasteiger partial charge is 0.493 e. The molecular weight excluding hydrogens is 304 g/mol. The van der Waals surface area contributed by atoms with Crippen molar-refractivity contribution in [1.29, 1.82) is 0 Å². The van der Waals surface area contributed by atoms with E-state index in [0.717, 1.165) is 49.7 Å². The van der Waals surface area contributed by atoms with E-state index in [1.807, 2.05) is 30.0 Å². The summed E-state index contributed by atoms with van der Waals surface area (Å²) in [5, 5.41) is 0. The molecule has 0 aromatic heterocycles. The topological polar surface area (TPSA) is 42.0 Å². The maximum Gasteiger partial charge on any atom is 0.246 e. The summed E-state index contributed by atoms with van der Waals surface area (Å²) < 4.78 is 11.6. The van der Waals surface area contributed by atoms with Crippen LogP contribution in [0, 0.1) is 0 Å². The zero-order valence-corrected chi connectivity index (χ0v) is 14.7. The minimum absolute atomic E-state index is 0.0559. The number of hydrogen-bond donors (Lipinski definition) is 0. The van der Waals surface area contributed by atoms with Crippen molar-refractivity contribution in [3.8, 4) is 11.5 Å². The monoisotopic (exact) mass is 330 g/mol. The molecule has 1 saturated heterocycles. The van der Waals surface area contributed by atoms with Crippen molar-refractivity contribution in [3.05, 3.63) is 29.3 Å². The zero-order chi connectivity index (χ0) is 17.1. The summed E-state index contributed by atoms with van der Waals surface area (Å²) in [5.41, 5.74) is 2.07. The van der Waals surface area contributed by atoms with E-state index in [9.17, 15) is 4.79 Å². The third-order valence-electron chi connectivity index (χ3n) is 4.55. The van der Waals surface area contributed by atoms with Crippen LogP contribution in [-0.2, 0) is 11.2 Å². The first-order valence-corrected chi connectivity index (χ1v) is 8.68. The summed E-state index contributed by atoms with van der Waals surface area (Å²) >= 11 is 0. The molecule has 0 bridgehead atoms. The number of amides is 1. The second-order valence-corrected chi connectivity index (χ2v) is 6.53. The SMILES string of the molecule is CCOc1cc2c(cc1/C=C/C(=O)N1CCN(C)CC1)OC(C)C2. The fourth-order valence-corrected chi connectivity index (χ4v) is 3.16. The average molecular weight is 330 g/mol. The molecule has 1 unspecified atom stereocenters. The molecule has 1 aromatic carbocycles. The van der Waals surface area contributed by atoms with Crippen molar-refractivity contribution < 1.29 is 14.3 Å². The van der Waals surface area contributed by atoms with E-state index in [1.54, 1.807) is 6.08 Å². The fraction of sp³-hybridized carbons (Fsp3) is 0.526. The average Bonchev–Trinajstić information content (AvgIpc) is 2.92. The maximum atomic E-state index is 12.4. The van der Waals surface area contributed by atoms with Crippen LogP contribution in [0.25, 0.3) is 6.08 Å². The van der Waals surface area contributed by atoms with Crippen molar-refractivity contribution in [3.63, 3.8) is 0 Å². The van der Waals surface area contributed by atoms with Crippen LogP contribution < -0.4 is 9.47 Å². The number of likely N-dealkylation sites (N-methyl/N-ethyl adjacent to an activating group) is 1. The molecule has 2 aliphatic heterocycles. The smallest absolute Gasteiger partial charge is 0.246 e. The van der Waals surface area contributed by atoms with Crippen LogP contribution in [0.15, 0.2) is 18.2 Å². The summed E-state index contributed by atoms with van der Waals surface area (Å²) in [6.07, 6.45) is 4.59. The van der Waals surface area contributed by atoms with Gasteiger partial charge in [0.15, 0.2) is 0 Å². The Labute approximate surface area is 143 Å². The number of hydrogen-bond acceptors (Lipinski definition) is 4. The Morgan fingerprint density at radius 2 is 2.08 bits per heavy atom. The number of carbonyl (C=O) groups excluding carboxylic acids is 1. The fourth-order valence-electron chi connectivity index (χ4n) is 3.16. The third-order valence-corrected chi connectivity index (χ3v) is 4.55. The van der Waals surface area contributed by atoms with Crippen molar-refractivity contribution in [2.75, 3.05) is 39.8 Å². The number of rotatable bonds is 4. The van der Waals surface area contributed by atoms with E-state index in [4.69, 9.17) is 9.47 Å². The van der Waals surface area contributed by atoms with E-state index >= 15 is 0 Å². The Morgan fingerprint density at radius 3 is 2.79 bits per heavy atom. The van der Waals surface area contributed by atoms with Crippen LogP contribution in [0.1, 0.15) is 25.0 Å². The second-order valence-electron chi connectivity index (χ2n) is 6.53. The molecule has 2 aliphatic rings. The third kappa shape index (κ3) is 3.73. The van der Waals surface area contributed by atoms with Gasteiger partial charge in [-0.2, -0.15) is 0 Å². The molecule has 5 nitrogen and oxygen atoms in total. The van der Waals surface area contributed by atoms with Gasteiger partial charge in [0.05, 0.1) is 6.61 Å². The Hall–Kier alpha value is -2.01. The molecule has 0 spiro atoms. The Bertz CT molecular complexity index is 634. The van der Waals surface area contributed by atoms with Crippen LogP contribution in [0.4, 0.5) is 0 Å². The molecule has 1 amide bonds. The lowest BCUT2D eigenvalue weighted by Gasteiger charge is -2.31. The van der Waals surface area contributed by atoms with Gasteiger partial charge in [-0.25, -0.2) is 0 Å². The molecule has 130 valence electrons. The lowest BCUT2D eigenvalue weighted by Crippen LogP contribution is -2.46. The van der Waals surface area contributed by atoms with Gasteiger partial charge in [0, 0.05) is 49.8 Å². The normalized spacial score (nSPS) is 21.0. The first kappa shape index (κ1) is 16.8. The summed E-state index contributed by atoms with van der Waals surface area (Å²) in [6.45, 7) is 8.04. The van der Waals surface area contributed by atoms with Gasteiger partial charge in [0.2, 0.25) is 5.91 Å². The molecule has 0 saturated carbocycles.